The highest BCUT2D eigenvalue weighted by Gasteiger charge is 2.21. The minimum atomic E-state index is -0.0308. The SMILES string of the molecule is CC(=O)N1CCCN(C(=O)N[C@H](C)Cc2ccc(C(C)C)cc2)CC1. The van der Waals surface area contributed by atoms with Crippen LogP contribution in [-0.2, 0) is 11.2 Å². The first-order valence-corrected chi connectivity index (χ1v) is 9.26. The molecule has 1 saturated heterocycles. The lowest BCUT2D eigenvalue weighted by Crippen LogP contribution is -2.46. The van der Waals surface area contributed by atoms with Gasteiger partial charge in [-0.15, -0.1) is 0 Å². The second kappa shape index (κ2) is 8.88. The monoisotopic (exact) mass is 345 g/mol. The lowest BCUT2D eigenvalue weighted by molar-refractivity contribution is -0.128. The fraction of sp³-hybridized carbons (Fsp3) is 0.600. The Morgan fingerprint density at radius 2 is 1.60 bits per heavy atom. The predicted molar refractivity (Wildman–Crippen MR) is 101 cm³/mol. The highest BCUT2D eigenvalue weighted by atomic mass is 16.2. The molecule has 0 radical (unpaired) electrons. The summed E-state index contributed by atoms with van der Waals surface area (Å²) in [6.45, 7) is 10.6. The maximum absolute atomic E-state index is 12.5. The highest BCUT2D eigenvalue weighted by Crippen LogP contribution is 2.15. The van der Waals surface area contributed by atoms with Gasteiger partial charge in [-0.25, -0.2) is 4.79 Å². The van der Waals surface area contributed by atoms with E-state index < -0.39 is 0 Å². The number of nitrogens with zero attached hydrogens (tertiary/aromatic N) is 2. The summed E-state index contributed by atoms with van der Waals surface area (Å²) in [6.07, 6.45) is 1.65. The summed E-state index contributed by atoms with van der Waals surface area (Å²) in [5.74, 6) is 0.615. The van der Waals surface area contributed by atoms with Crippen molar-refractivity contribution in [3.8, 4) is 0 Å². The second-order valence-electron chi connectivity index (χ2n) is 7.30. The van der Waals surface area contributed by atoms with E-state index in [0.29, 0.717) is 25.6 Å². The molecule has 0 saturated carbocycles. The van der Waals surface area contributed by atoms with Crippen LogP contribution in [0.5, 0.6) is 0 Å². The molecule has 5 heteroatoms. The van der Waals surface area contributed by atoms with Crippen molar-refractivity contribution in [1.82, 2.24) is 15.1 Å². The van der Waals surface area contributed by atoms with Crippen LogP contribution >= 0.6 is 0 Å². The Labute approximate surface area is 151 Å². The van der Waals surface area contributed by atoms with Crippen molar-refractivity contribution < 1.29 is 9.59 Å². The maximum Gasteiger partial charge on any atom is 0.317 e. The molecule has 5 nitrogen and oxygen atoms in total. The van der Waals surface area contributed by atoms with Gasteiger partial charge in [0, 0.05) is 39.1 Å². The Balaban J connectivity index is 1.84. The number of hydrogen-bond donors (Lipinski definition) is 1. The molecular weight excluding hydrogens is 314 g/mol. The molecule has 1 aromatic carbocycles. The van der Waals surface area contributed by atoms with Crippen molar-refractivity contribution in [2.24, 2.45) is 0 Å². The Bertz CT molecular complexity index is 583. The first-order valence-electron chi connectivity index (χ1n) is 9.26. The molecule has 1 aromatic rings. The van der Waals surface area contributed by atoms with E-state index in [1.54, 1.807) is 6.92 Å². The number of amides is 3. The van der Waals surface area contributed by atoms with Gasteiger partial charge in [0.2, 0.25) is 5.91 Å². The summed E-state index contributed by atoms with van der Waals surface area (Å²) in [7, 11) is 0. The van der Waals surface area contributed by atoms with Crippen LogP contribution in [0.15, 0.2) is 24.3 Å². The number of benzene rings is 1. The smallest absolute Gasteiger partial charge is 0.317 e. The van der Waals surface area contributed by atoms with E-state index in [9.17, 15) is 9.59 Å². The van der Waals surface area contributed by atoms with Crippen LogP contribution in [0.4, 0.5) is 4.79 Å². The van der Waals surface area contributed by atoms with Crippen molar-refractivity contribution in [1.29, 1.82) is 0 Å². The van der Waals surface area contributed by atoms with E-state index in [0.717, 1.165) is 19.4 Å². The normalized spacial score (nSPS) is 16.5. The van der Waals surface area contributed by atoms with Gasteiger partial charge in [-0.05, 0) is 36.8 Å². The fourth-order valence-corrected chi connectivity index (χ4v) is 3.18. The summed E-state index contributed by atoms with van der Waals surface area (Å²) >= 11 is 0. The van der Waals surface area contributed by atoms with Gasteiger partial charge >= 0.3 is 6.03 Å². The van der Waals surface area contributed by atoms with Crippen LogP contribution in [-0.4, -0.2) is 54.0 Å². The quantitative estimate of drug-likeness (QED) is 0.912. The zero-order chi connectivity index (χ0) is 18.4. The van der Waals surface area contributed by atoms with Gasteiger partial charge in [0.1, 0.15) is 0 Å². The Morgan fingerprint density at radius 1 is 1.00 bits per heavy atom. The maximum atomic E-state index is 12.5. The minimum Gasteiger partial charge on any atom is -0.341 e. The van der Waals surface area contributed by atoms with E-state index in [4.69, 9.17) is 0 Å². The van der Waals surface area contributed by atoms with Gasteiger partial charge in [0.15, 0.2) is 0 Å². The van der Waals surface area contributed by atoms with Crippen LogP contribution in [0.3, 0.4) is 0 Å². The zero-order valence-electron chi connectivity index (χ0n) is 15.9. The molecule has 3 amide bonds. The van der Waals surface area contributed by atoms with Crippen molar-refractivity contribution >= 4 is 11.9 Å². The van der Waals surface area contributed by atoms with Crippen molar-refractivity contribution in [2.45, 2.75) is 52.5 Å². The number of rotatable bonds is 4. The molecular formula is C20H31N3O2. The number of nitrogens with one attached hydrogen (secondary N) is 1. The fourth-order valence-electron chi connectivity index (χ4n) is 3.18. The molecule has 25 heavy (non-hydrogen) atoms. The number of carbonyl (C=O) groups excluding carboxylic acids is 2. The molecule has 1 N–H and O–H groups in total. The topological polar surface area (TPSA) is 52.7 Å². The highest BCUT2D eigenvalue weighted by molar-refractivity contribution is 5.75. The standard InChI is InChI=1S/C20H31N3O2/c1-15(2)19-8-6-18(7-9-19)14-16(3)21-20(25)23-11-5-10-22(12-13-23)17(4)24/h6-9,15-16H,5,10-14H2,1-4H3,(H,21,25)/t16-/m1/s1. The van der Waals surface area contributed by atoms with E-state index in [1.807, 2.05) is 16.7 Å². The Morgan fingerprint density at radius 3 is 2.20 bits per heavy atom. The van der Waals surface area contributed by atoms with E-state index >= 15 is 0 Å². The van der Waals surface area contributed by atoms with Crippen LogP contribution < -0.4 is 5.32 Å². The number of hydrogen-bond acceptors (Lipinski definition) is 2. The van der Waals surface area contributed by atoms with Gasteiger partial charge < -0.3 is 15.1 Å². The summed E-state index contributed by atoms with van der Waals surface area (Å²) in [5.41, 5.74) is 2.57. The van der Waals surface area contributed by atoms with Gasteiger partial charge in [-0.3, -0.25) is 4.79 Å². The van der Waals surface area contributed by atoms with Crippen molar-refractivity contribution in [3.63, 3.8) is 0 Å². The molecule has 1 fully saturated rings. The Kier molecular flexibility index (Phi) is 6.85. The summed E-state index contributed by atoms with van der Waals surface area (Å²) < 4.78 is 0. The van der Waals surface area contributed by atoms with Crippen molar-refractivity contribution in [2.75, 3.05) is 26.2 Å². The molecule has 0 aromatic heterocycles. The average Bonchev–Trinajstić information content (AvgIpc) is 2.81. The molecule has 2 rings (SSSR count). The van der Waals surface area contributed by atoms with Crippen LogP contribution in [0.1, 0.15) is 51.2 Å². The van der Waals surface area contributed by atoms with Crippen LogP contribution in [0.2, 0.25) is 0 Å². The van der Waals surface area contributed by atoms with Gasteiger partial charge in [0.05, 0.1) is 0 Å². The third-order valence-electron chi connectivity index (χ3n) is 4.79. The minimum absolute atomic E-state index is 0.0308. The lowest BCUT2D eigenvalue weighted by atomic mass is 9.99. The van der Waals surface area contributed by atoms with Crippen LogP contribution in [0, 0.1) is 0 Å². The molecule has 0 aliphatic carbocycles. The van der Waals surface area contributed by atoms with E-state index in [-0.39, 0.29) is 18.0 Å². The van der Waals surface area contributed by atoms with Gasteiger partial charge in [0.25, 0.3) is 0 Å². The summed E-state index contributed by atoms with van der Waals surface area (Å²) in [5, 5.41) is 3.09. The molecule has 0 unspecified atom stereocenters. The van der Waals surface area contributed by atoms with Crippen LogP contribution in [0.25, 0.3) is 0 Å². The molecule has 1 heterocycles. The lowest BCUT2D eigenvalue weighted by Gasteiger charge is -2.24. The van der Waals surface area contributed by atoms with Gasteiger partial charge in [-0.1, -0.05) is 38.1 Å². The molecule has 1 atom stereocenters. The second-order valence-corrected chi connectivity index (χ2v) is 7.30. The largest absolute Gasteiger partial charge is 0.341 e. The van der Waals surface area contributed by atoms with Gasteiger partial charge in [-0.2, -0.15) is 0 Å². The van der Waals surface area contributed by atoms with E-state index in [1.165, 1.54) is 11.1 Å². The average molecular weight is 345 g/mol. The molecule has 0 spiro atoms. The molecule has 0 bridgehead atoms. The third-order valence-corrected chi connectivity index (χ3v) is 4.79. The summed E-state index contributed by atoms with van der Waals surface area (Å²) in [4.78, 5) is 27.6. The summed E-state index contributed by atoms with van der Waals surface area (Å²) in [6, 6.07) is 8.67. The van der Waals surface area contributed by atoms with Crippen molar-refractivity contribution in [3.05, 3.63) is 35.4 Å². The molecule has 1 aliphatic heterocycles. The third kappa shape index (κ3) is 5.76. The Hall–Kier alpha value is -2.04. The first kappa shape index (κ1) is 19.3. The molecule has 1 aliphatic rings. The number of carbonyl (C=O) groups is 2. The van der Waals surface area contributed by atoms with E-state index in [2.05, 4.69) is 43.4 Å². The molecule has 138 valence electrons. The first-order chi connectivity index (χ1) is 11.9. The predicted octanol–water partition coefficient (Wildman–Crippen LogP) is 3.00. The zero-order valence-corrected chi connectivity index (χ0v) is 15.9. The number of urea groups is 1.